The molecule has 0 saturated carbocycles. The van der Waals surface area contributed by atoms with Gasteiger partial charge >= 0.3 is 17.9 Å². The van der Waals surface area contributed by atoms with E-state index in [4.69, 9.17) is 9.47 Å². The second-order valence-electron chi connectivity index (χ2n) is 6.25. The fourth-order valence-electron chi connectivity index (χ4n) is 3.65. The number of hydrogen-bond donors (Lipinski definition) is 3. The summed E-state index contributed by atoms with van der Waals surface area (Å²) in [5.41, 5.74) is -1.42. The average Bonchev–Trinajstić information content (AvgIpc) is 3.01. The lowest BCUT2D eigenvalue weighted by Crippen LogP contribution is -2.56. The van der Waals surface area contributed by atoms with E-state index < -0.39 is 41.3 Å². The van der Waals surface area contributed by atoms with Crippen molar-refractivity contribution in [2.45, 2.75) is 18.0 Å². The molecule has 27 heavy (non-hydrogen) atoms. The minimum absolute atomic E-state index is 0.0842. The third kappa shape index (κ3) is 3.74. The van der Waals surface area contributed by atoms with Crippen molar-refractivity contribution in [2.24, 2.45) is 11.8 Å². The summed E-state index contributed by atoms with van der Waals surface area (Å²) >= 11 is 1.42. The van der Waals surface area contributed by atoms with Gasteiger partial charge in [0.2, 0.25) is 0 Å². The Morgan fingerprint density at radius 3 is 2.33 bits per heavy atom. The minimum Gasteiger partial charge on any atom is -0.508 e. The number of rotatable bonds is 7. The van der Waals surface area contributed by atoms with Gasteiger partial charge in [-0.3, -0.25) is 19.7 Å². The molecule has 1 aromatic rings. The Morgan fingerprint density at radius 1 is 1.19 bits per heavy atom. The Hall–Kier alpha value is -2.26. The molecule has 3 N–H and O–H groups in total. The Bertz CT molecular complexity index is 725. The van der Waals surface area contributed by atoms with Crippen molar-refractivity contribution in [3.8, 4) is 5.75 Å². The predicted molar refractivity (Wildman–Crippen MR) is 98.4 cm³/mol. The van der Waals surface area contributed by atoms with Crippen LogP contribution in [0.15, 0.2) is 24.3 Å². The first-order valence-electron chi connectivity index (χ1n) is 8.27. The van der Waals surface area contributed by atoms with Crippen molar-refractivity contribution >= 4 is 29.7 Å². The van der Waals surface area contributed by atoms with Crippen molar-refractivity contribution in [1.82, 2.24) is 5.32 Å². The SMILES string of the molecule is COC(=O)[C@H]1[C@@H](c2ccccc2O)N[C@@](CCSC)(C(=O)O)[C@@H]1C(=O)OC. The topological polar surface area (TPSA) is 122 Å². The van der Waals surface area contributed by atoms with Gasteiger partial charge in [-0.15, -0.1) is 0 Å². The van der Waals surface area contributed by atoms with Crippen LogP contribution in [0.1, 0.15) is 18.0 Å². The van der Waals surface area contributed by atoms with Crippen LogP contribution in [0.4, 0.5) is 0 Å². The minimum atomic E-state index is -1.73. The number of ether oxygens (including phenoxy) is 2. The zero-order chi connectivity index (χ0) is 20.2. The number of para-hydroxylation sites is 1. The van der Waals surface area contributed by atoms with Crippen LogP contribution in [0.2, 0.25) is 0 Å². The van der Waals surface area contributed by atoms with Gasteiger partial charge in [0, 0.05) is 5.56 Å². The molecule has 2 rings (SSSR count). The quantitative estimate of drug-likeness (QED) is 0.582. The smallest absolute Gasteiger partial charge is 0.324 e. The maximum atomic E-state index is 12.6. The highest BCUT2D eigenvalue weighted by molar-refractivity contribution is 7.98. The Balaban J connectivity index is 2.67. The Kier molecular flexibility index (Phi) is 6.72. The molecule has 0 aliphatic carbocycles. The van der Waals surface area contributed by atoms with Gasteiger partial charge in [0.15, 0.2) is 0 Å². The predicted octanol–water partition coefficient (Wildman–Crippen LogP) is 1.19. The molecule has 0 spiro atoms. The molecule has 9 heteroatoms. The fraction of sp³-hybridized carbons (Fsp3) is 0.500. The number of carboxylic acids is 1. The summed E-state index contributed by atoms with van der Waals surface area (Å²) in [5, 5.41) is 23.2. The molecule has 1 aliphatic heterocycles. The number of methoxy groups -OCH3 is 2. The summed E-state index contributed by atoms with van der Waals surface area (Å²) < 4.78 is 9.70. The van der Waals surface area contributed by atoms with Crippen LogP contribution >= 0.6 is 11.8 Å². The molecule has 0 aromatic heterocycles. The number of carbonyl (C=O) groups is 3. The maximum absolute atomic E-state index is 12.6. The molecule has 0 amide bonds. The molecule has 4 atom stereocenters. The zero-order valence-electron chi connectivity index (χ0n) is 15.3. The molecule has 1 aromatic carbocycles. The molecular formula is C18H23NO7S. The van der Waals surface area contributed by atoms with Crippen LogP contribution in [0, 0.1) is 11.8 Å². The standard InChI is InChI=1S/C18H23NO7S/c1-25-15(21)12-13(16(22)26-2)18(17(23)24,8-9-27-3)19-14(12)10-6-4-5-7-11(10)20/h4-7,12-14,19-20H,8-9H2,1-3H3,(H,23,24)/t12-,13+,14-,18-/m1/s1. The summed E-state index contributed by atoms with van der Waals surface area (Å²) in [4.78, 5) is 37.4. The molecular weight excluding hydrogens is 374 g/mol. The van der Waals surface area contributed by atoms with E-state index in [0.29, 0.717) is 11.3 Å². The van der Waals surface area contributed by atoms with E-state index in [1.54, 1.807) is 18.2 Å². The van der Waals surface area contributed by atoms with Crippen molar-refractivity contribution in [2.75, 3.05) is 26.2 Å². The molecule has 0 bridgehead atoms. The van der Waals surface area contributed by atoms with Gasteiger partial charge in [0.1, 0.15) is 17.2 Å². The molecule has 148 valence electrons. The van der Waals surface area contributed by atoms with Gasteiger partial charge in [0.25, 0.3) is 0 Å². The number of benzene rings is 1. The molecule has 0 radical (unpaired) electrons. The number of hydrogen-bond acceptors (Lipinski definition) is 8. The normalized spacial score (nSPS) is 27.1. The molecule has 8 nitrogen and oxygen atoms in total. The zero-order valence-corrected chi connectivity index (χ0v) is 16.1. The van der Waals surface area contributed by atoms with Crippen LogP contribution < -0.4 is 5.32 Å². The number of phenolic OH excluding ortho intramolecular Hbond substituents is 1. The maximum Gasteiger partial charge on any atom is 0.324 e. The van der Waals surface area contributed by atoms with Gasteiger partial charge in [-0.25, -0.2) is 0 Å². The van der Waals surface area contributed by atoms with Crippen molar-refractivity contribution in [3.63, 3.8) is 0 Å². The van der Waals surface area contributed by atoms with Gasteiger partial charge in [-0.1, -0.05) is 18.2 Å². The van der Waals surface area contributed by atoms with E-state index in [9.17, 15) is 24.6 Å². The van der Waals surface area contributed by atoms with Crippen molar-refractivity contribution in [3.05, 3.63) is 29.8 Å². The number of esters is 2. The van der Waals surface area contributed by atoms with E-state index in [1.165, 1.54) is 24.9 Å². The summed E-state index contributed by atoms with van der Waals surface area (Å²) in [6.07, 6.45) is 1.90. The molecule has 0 unspecified atom stereocenters. The molecule has 1 aliphatic rings. The van der Waals surface area contributed by atoms with Crippen LogP contribution in [-0.2, 0) is 23.9 Å². The average molecular weight is 397 g/mol. The molecule has 1 heterocycles. The van der Waals surface area contributed by atoms with Crippen LogP contribution in [-0.4, -0.2) is 59.9 Å². The van der Waals surface area contributed by atoms with E-state index >= 15 is 0 Å². The van der Waals surface area contributed by atoms with Crippen molar-refractivity contribution in [1.29, 1.82) is 0 Å². The summed E-state index contributed by atoms with van der Waals surface area (Å²) in [5.74, 6) is -5.00. The Morgan fingerprint density at radius 2 is 1.81 bits per heavy atom. The highest BCUT2D eigenvalue weighted by Crippen LogP contribution is 2.48. The first-order valence-corrected chi connectivity index (χ1v) is 9.67. The van der Waals surface area contributed by atoms with Crippen LogP contribution in [0.3, 0.4) is 0 Å². The number of carbonyl (C=O) groups excluding carboxylic acids is 2. The van der Waals surface area contributed by atoms with Crippen LogP contribution in [0.25, 0.3) is 0 Å². The summed E-state index contributed by atoms with van der Waals surface area (Å²) in [7, 11) is 2.31. The highest BCUT2D eigenvalue weighted by atomic mass is 32.2. The Labute approximate surface area is 161 Å². The largest absolute Gasteiger partial charge is 0.508 e. The van der Waals surface area contributed by atoms with Gasteiger partial charge in [-0.2, -0.15) is 11.8 Å². The molecule has 1 saturated heterocycles. The second kappa shape index (κ2) is 8.62. The fourth-order valence-corrected chi connectivity index (χ4v) is 4.18. The number of aliphatic carboxylic acids is 1. The second-order valence-corrected chi connectivity index (χ2v) is 7.24. The van der Waals surface area contributed by atoms with Gasteiger partial charge in [-0.05, 0) is 24.5 Å². The lowest BCUT2D eigenvalue weighted by Gasteiger charge is -2.30. The first kappa shape index (κ1) is 21.0. The number of phenols is 1. The number of nitrogens with one attached hydrogen (secondary N) is 1. The number of aromatic hydroxyl groups is 1. The van der Waals surface area contributed by atoms with E-state index in [0.717, 1.165) is 7.11 Å². The lowest BCUT2D eigenvalue weighted by molar-refractivity contribution is -0.163. The summed E-state index contributed by atoms with van der Waals surface area (Å²) in [6.45, 7) is 0. The van der Waals surface area contributed by atoms with E-state index in [-0.39, 0.29) is 12.2 Å². The summed E-state index contributed by atoms with van der Waals surface area (Å²) in [6, 6.07) is 5.34. The van der Waals surface area contributed by atoms with Crippen molar-refractivity contribution < 1.29 is 34.1 Å². The monoisotopic (exact) mass is 397 g/mol. The van der Waals surface area contributed by atoms with E-state index in [1.807, 2.05) is 6.26 Å². The number of carboxylic acid groups (broad SMARTS) is 1. The van der Waals surface area contributed by atoms with Gasteiger partial charge in [0.05, 0.1) is 26.2 Å². The molecule has 1 fully saturated rings. The first-order chi connectivity index (χ1) is 12.8. The van der Waals surface area contributed by atoms with Gasteiger partial charge < -0.3 is 19.7 Å². The van der Waals surface area contributed by atoms with Crippen LogP contribution in [0.5, 0.6) is 5.75 Å². The lowest BCUT2D eigenvalue weighted by atomic mass is 9.76. The van der Waals surface area contributed by atoms with E-state index in [2.05, 4.69) is 5.32 Å². The number of thioether (sulfide) groups is 1. The highest BCUT2D eigenvalue weighted by Gasteiger charge is 2.64. The third-order valence-corrected chi connectivity index (χ3v) is 5.56. The third-order valence-electron chi connectivity index (χ3n) is 4.94.